The molecule has 6 heteroatoms. The van der Waals surface area contributed by atoms with E-state index in [0.717, 1.165) is 36.8 Å². The van der Waals surface area contributed by atoms with Crippen LogP contribution in [-0.4, -0.2) is 43.4 Å². The predicted molar refractivity (Wildman–Crippen MR) is 116 cm³/mol. The molecule has 144 valence electrons. The lowest BCUT2D eigenvalue weighted by atomic mass is 9.98. The van der Waals surface area contributed by atoms with Gasteiger partial charge in [-0.1, -0.05) is 26.0 Å². The van der Waals surface area contributed by atoms with Gasteiger partial charge in [0.05, 0.1) is 19.3 Å². The van der Waals surface area contributed by atoms with Crippen LogP contribution >= 0.6 is 24.0 Å². The number of nitrogens with one attached hydrogen (secondary N) is 2. The van der Waals surface area contributed by atoms with Gasteiger partial charge in [0.2, 0.25) is 0 Å². The van der Waals surface area contributed by atoms with Crippen molar-refractivity contribution in [3.63, 3.8) is 0 Å². The number of hydrogen-bond donors (Lipinski definition) is 3. The van der Waals surface area contributed by atoms with Crippen LogP contribution in [0.1, 0.15) is 44.7 Å². The molecule has 3 N–H and O–H groups in total. The molecule has 0 aliphatic heterocycles. The van der Waals surface area contributed by atoms with Crippen LogP contribution in [0.3, 0.4) is 0 Å². The Balaban J connectivity index is 0.00000576. The Morgan fingerprint density at radius 2 is 1.88 bits per heavy atom. The fraction of sp³-hybridized carbons (Fsp3) is 0.632. The molecule has 0 amide bonds. The highest BCUT2D eigenvalue weighted by atomic mass is 127. The normalized spacial score (nSPS) is 11.7. The largest absolute Gasteiger partial charge is 0.496 e. The summed E-state index contributed by atoms with van der Waals surface area (Å²) < 4.78 is 5.37. The zero-order chi connectivity index (χ0) is 18.0. The van der Waals surface area contributed by atoms with E-state index < -0.39 is 5.60 Å². The van der Waals surface area contributed by atoms with Gasteiger partial charge in [0.25, 0.3) is 0 Å². The zero-order valence-corrected chi connectivity index (χ0v) is 18.5. The smallest absolute Gasteiger partial charge is 0.191 e. The molecule has 0 fully saturated rings. The van der Waals surface area contributed by atoms with Gasteiger partial charge < -0.3 is 20.5 Å². The summed E-state index contributed by atoms with van der Waals surface area (Å²) in [5.74, 6) is 1.67. The molecule has 0 unspecified atom stereocenters. The number of guanidine groups is 1. The number of halogens is 1. The topological polar surface area (TPSA) is 65.9 Å². The zero-order valence-electron chi connectivity index (χ0n) is 16.2. The minimum absolute atomic E-state index is 0. The number of benzene rings is 1. The second-order valence-electron chi connectivity index (χ2n) is 6.11. The van der Waals surface area contributed by atoms with Gasteiger partial charge in [-0.15, -0.1) is 24.0 Å². The van der Waals surface area contributed by atoms with E-state index in [9.17, 15) is 5.11 Å². The summed E-state index contributed by atoms with van der Waals surface area (Å²) in [5.41, 5.74) is 1.65. The van der Waals surface area contributed by atoms with Crippen molar-refractivity contribution in [2.24, 2.45) is 4.99 Å². The van der Waals surface area contributed by atoms with Gasteiger partial charge in [0.1, 0.15) is 5.75 Å². The van der Waals surface area contributed by atoms with Crippen LogP contribution in [0.2, 0.25) is 0 Å². The fourth-order valence-electron chi connectivity index (χ4n) is 2.39. The average molecular weight is 463 g/mol. The molecule has 0 heterocycles. The van der Waals surface area contributed by atoms with Crippen LogP contribution in [0.5, 0.6) is 5.75 Å². The number of methoxy groups -OCH3 is 1. The van der Waals surface area contributed by atoms with Crippen LogP contribution in [0, 0.1) is 6.92 Å². The molecule has 1 rings (SSSR count). The molecule has 5 nitrogen and oxygen atoms in total. The molecule has 25 heavy (non-hydrogen) atoms. The van der Waals surface area contributed by atoms with Crippen molar-refractivity contribution < 1.29 is 9.84 Å². The van der Waals surface area contributed by atoms with Crippen molar-refractivity contribution in [2.45, 2.75) is 52.6 Å². The molecule has 0 saturated heterocycles. The molecule has 0 aromatic heterocycles. The quantitative estimate of drug-likeness (QED) is 0.299. The Morgan fingerprint density at radius 3 is 2.44 bits per heavy atom. The lowest BCUT2D eigenvalue weighted by Crippen LogP contribution is -2.40. The Labute approximate surface area is 169 Å². The molecule has 0 aliphatic rings. The highest BCUT2D eigenvalue weighted by Gasteiger charge is 2.21. The van der Waals surface area contributed by atoms with Gasteiger partial charge in [0.15, 0.2) is 5.96 Å². The Kier molecular flexibility index (Phi) is 11.8. The molecule has 0 aliphatic carbocycles. The first-order valence-electron chi connectivity index (χ1n) is 8.86. The number of hydrogen-bond acceptors (Lipinski definition) is 3. The molecule has 0 radical (unpaired) electrons. The molecular formula is C19H34IN3O2. The summed E-state index contributed by atoms with van der Waals surface area (Å²) in [6.45, 7) is 10.0. The van der Waals surface area contributed by atoms with Crippen LogP contribution in [0.15, 0.2) is 23.2 Å². The molecule has 1 aromatic rings. The van der Waals surface area contributed by atoms with E-state index in [0.29, 0.717) is 19.4 Å². The first-order chi connectivity index (χ1) is 11.5. The van der Waals surface area contributed by atoms with Gasteiger partial charge >= 0.3 is 0 Å². The van der Waals surface area contributed by atoms with Gasteiger partial charge in [0, 0.05) is 13.1 Å². The summed E-state index contributed by atoms with van der Waals surface area (Å²) in [6.07, 6.45) is 2.29. The Hall–Kier alpha value is -1.02. The van der Waals surface area contributed by atoms with Crippen molar-refractivity contribution >= 4 is 29.9 Å². The SMILES string of the molecule is CCNC(=NCC(O)(CC)CC)NCCc1ccc(C)c(OC)c1.I. The minimum Gasteiger partial charge on any atom is -0.496 e. The number of rotatable bonds is 9. The summed E-state index contributed by atoms with van der Waals surface area (Å²) in [7, 11) is 1.70. The van der Waals surface area contributed by atoms with E-state index in [2.05, 4.69) is 33.8 Å². The number of ether oxygens (including phenoxy) is 1. The van der Waals surface area contributed by atoms with Crippen molar-refractivity contribution in [1.29, 1.82) is 0 Å². The summed E-state index contributed by atoms with van der Waals surface area (Å²) in [4.78, 5) is 4.53. The summed E-state index contributed by atoms with van der Waals surface area (Å²) in [5, 5.41) is 16.9. The van der Waals surface area contributed by atoms with Crippen molar-refractivity contribution in [2.75, 3.05) is 26.7 Å². The van der Waals surface area contributed by atoms with Gasteiger partial charge in [-0.05, 0) is 50.3 Å². The fourth-order valence-corrected chi connectivity index (χ4v) is 2.39. The average Bonchev–Trinajstić information content (AvgIpc) is 2.60. The highest BCUT2D eigenvalue weighted by Crippen LogP contribution is 2.19. The monoisotopic (exact) mass is 463 g/mol. The van der Waals surface area contributed by atoms with E-state index >= 15 is 0 Å². The third kappa shape index (κ3) is 8.27. The van der Waals surface area contributed by atoms with Crippen molar-refractivity contribution in [3.8, 4) is 5.75 Å². The second-order valence-corrected chi connectivity index (χ2v) is 6.11. The first-order valence-corrected chi connectivity index (χ1v) is 8.86. The highest BCUT2D eigenvalue weighted by molar-refractivity contribution is 14.0. The minimum atomic E-state index is -0.716. The van der Waals surface area contributed by atoms with Crippen molar-refractivity contribution in [1.82, 2.24) is 10.6 Å². The summed E-state index contributed by atoms with van der Waals surface area (Å²) >= 11 is 0. The first kappa shape index (κ1) is 24.0. The molecule has 0 atom stereocenters. The van der Waals surface area contributed by atoms with Crippen molar-refractivity contribution in [3.05, 3.63) is 29.3 Å². The predicted octanol–water partition coefficient (Wildman–Crippen LogP) is 3.27. The maximum Gasteiger partial charge on any atom is 0.191 e. The second kappa shape index (κ2) is 12.4. The van der Waals surface area contributed by atoms with Gasteiger partial charge in [-0.3, -0.25) is 4.99 Å². The summed E-state index contributed by atoms with van der Waals surface area (Å²) in [6, 6.07) is 6.28. The third-order valence-corrected chi connectivity index (χ3v) is 4.37. The maximum atomic E-state index is 10.4. The van der Waals surface area contributed by atoms with Crippen LogP contribution in [0.4, 0.5) is 0 Å². The molecule has 0 bridgehead atoms. The van der Waals surface area contributed by atoms with Gasteiger partial charge in [-0.25, -0.2) is 0 Å². The lowest BCUT2D eigenvalue weighted by molar-refractivity contribution is 0.0418. The Bertz CT molecular complexity index is 531. The van der Waals surface area contributed by atoms with Gasteiger partial charge in [-0.2, -0.15) is 0 Å². The third-order valence-electron chi connectivity index (χ3n) is 4.37. The van der Waals surface area contributed by atoms with Crippen LogP contribution in [-0.2, 0) is 6.42 Å². The number of aliphatic hydroxyl groups is 1. The maximum absolute atomic E-state index is 10.4. The molecular weight excluding hydrogens is 429 g/mol. The number of aryl methyl sites for hydroxylation is 1. The standard InChI is InChI=1S/C19H33N3O2.HI/c1-6-19(23,7-2)14-22-18(20-8-3)21-12-11-16-10-9-15(4)17(13-16)24-5;/h9-10,13,23H,6-8,11-12,14H2,1-5H3,(H2,20,21,22);1H. The van der Waals surface area contributed by atoms with Crippen LogP contribution < -0.4 is 15.4 Å². The van der Waals surface area contributed by atoms with E-state index in [4.69, 9.17) is 4.74 Å². The van der Waals surface area contributed by atoms with E-state index in [-0.39, 0.29) is 24.0 Å². The number of aliphatic imine (C=N–C) groups is 1. The molecule has 1 aromatic carbocycles. The van der Waals surface area contributed by atoms with Crippen LogP contribution in [0.25, 0.3) is 0 Å². The number of nitrogens with zero attached hydrogens (tertiary/aromatic N) is 1. The van der Waals surface area contributed by atoms with E-state index in [1.165, 1.54) is 5.56 Å². The lowest BCUT2D eigenvalue weighted by Gasteiger charge is -2.23. The molecule has 0 saturated carbocycles. The molecule has 0 spiro atoms. The van der Waals surface area contributed by atoms with E-state index in [1.807, 2.05) is 27.7 Å². The van der Waals surface area contributed by atoms with E-state index in [1.54, 1.807) is 7.11 Å². The Morgan fingerprint density at radius 1 is 1.20 bits per heavy atom.